The molecule has 0 aliphatic carbocycles. The number of nitro groups is 1. The molecule has 11 heteroatoms. The number of ketones is 1. The number of carbonyl (C=O) groups excluding carboxylic acids is 4. The molecule has 2 aromatic rings. The van der Waals surface area contributed by atoms with Gasteiger partial charge >= 0.3 is 5.97 Å². The SMILES string of the molecule is CC(=O)Oc1ccc(C(=O)[C@@H]2[C@@H]3C(=O)N(c4cc([N+](=O)[O-])ccc4C)C(=O)[C@H]3[C@H]3C=CC=NN32)cc1. The molecule has 2 fully saturated rings. The van der Waals surface area contributed by atoms with Gasteiger partial charge in [0.25, 0.3) is 5.69 Å². The first-order chi connectivity index (χ1) is 17.2. The van der Waals surface area contributed by atoms with E-state index in [0.29, 0.717) is 5.56 Å². The number of amides is 2. The van der Waals surface area contributed by atoms with Crippen LogP contribution in [0.1, 0.15) is 22.8 Å². The van der Waals surface area contributed by atoms with Gasteiger partial charge < -0.3 is 4.74 Å². The van der Waals surface area contributed by atoms with Crippen molar-refractivity contribution in [2.24, 2.45) is 16.9 Å². The lowest BCUT2D eigenvalue weighted by atomic mass is 9.86. The average molecular weight is 488 g/mol. The minimum atomic E-state index is -1.07. The molecule has 4 atom stereocenters. The highest BCUT2D eigenvalue weighted by Gasteiger charge is 2.64. The quantitative estimate of drug-likeness (QED) is 0.156. The number of non-ortho nitro benzene ring substituents is 1. The number of esters is 1. The molecule has 0 radical (unpaired) electrons. The molecule has 2 saturated heterocycles. The molecule has 182 valence electrons. The molecule has 36 heavy (non-hydrogen) atoms. The first-order valence-electron chi connectivity index (χ1n) is 11.1. The van der Waals surface area contributed by atoms with Gasteiger partial charge in [-0.2, -0.15) is 5.10 Å². The third-order valence-electron chi connectivity index (χ3n) is 6.60. The Kier molecular flexibility index (Phi) is 5.47. The summed E-state index contributed by atoms with van der Waals surface area (Å²) in [6, 6.07) is 8.19. The van der Waals surface area contributed by atoms with Crippen molar-refractivity contribution < 1.29 is 28.8 Å². The predicted molar refractivity (Wildman–Crippen MR) is 126 cm³/mol. The normalized spacial score (nSPS) is 24.1. The van der Waals surface area contributed by atoms with Crippen molar-refractivity contribution in [1.29, 1.82) is 0 Å². The number of Topliss-reactive ketones (excluding diaryl/α,β-unsaturated/α-hetero) is 1. The number of hydrogen-bond acceptors (Lipinski definition) is 9. The number of fused-ring (bicyclic) bond motifs is 3. The first-order valence-corrected chi connectivity index (χ1v) is 11.1. The lowest BCUT2D eigenvalue weighted by Gasteiger charge is -2.30. The predicted octanol–water partition coefficient (Wildman–Crippen LogP) is 2.43. The second-order valence-corrected chi connectivity index (χ2v) is 8.74. The number of allylic oxidation sites excluding steroid dienone is 1. The zero-order chi connectivity index (χ0) is 25.7. The summed E-state index contributed by atoms with van der Waals surface area (Å²) in [4.78, 5) is 63.9. The number of aryl methyl sites for hydroxylation is 1. The third-order valence-corrected chi connectivity index (χ3v) is 6.60. The van der Waals surface area contributed by atoms with E-state index in [1.165, 1.54) is 60.6 Å². The van der Waals surface area contributed by atoms with E-state index in [4.69, 9.17) is 4.74 Å². The summed E-state index contributed by atoms with van der Waals surface area (Å²) in [5.41, 5.74) is 0.642. The van der Waals surface area contributed by atoms with Gasteiger partial charge in [-0.25, -0.2) is 4.90 Å². The van der Waals surface area contributed by atoms with Crippen LogP contribution in [0.15, 0.2) is 59.7 Å². The van der Waals surface area contributed by atoms with Crippen LogP contribution in [0.2, 0.25) is 0 Å². The van der Waals surface area contributed by atoms with Gasteiger partial charge in [-0.15, -0.1) is 0 Å². The molecule has 2 aromatic carbocycles. The lowest BCUT2D eigenvalue weighted by molar-refractivity contribution is -0.384. The van der Waals surface area contributed by atoms with Gasteiger partial charge in [0.2, 0.25) is 11.8 Å². The third kappa shape index (κ3) is 3.56. The molecule has 3 aliphatic rings. The monoisotopic (exact) mass is 488 g/mol. The molecule has 2 amide bonds. The number of carbonyl (C=O) groups is 4. The molecule has 0 bridgehead atoms. The smallest absolute Gasteiger partial charge is 0.308 e. The van der Waals surface area contributed by atoms with E-state index in [1.807, 2.05) is 0 Å². The molecule has 5 rings (SSSR count). The van der Waals surface area contributed by atoms with E-state index in [1.54, 1.807) is 19.1 Å². The maximum Gasteiger partial charge on any atom is 0.308 e. The number of imide groups is 1. The van der Waals surface area contributed by atoms with E-state index in [9.17, 15) is 29.3 Å². The van der Waals surface area contributed by atoms with Crippen LogP contribution in [-0.4, -0.2) is 51.8 Å². The van der Waals surface area contributed by atoms with Crippen molar-refractivity contribution >= 4 is 41.2 Å². The summed E-state index contributed by atoms with van der Waals surface area (Å²) < 4.78 is 5.01. The fourth-order valence-corrected chi connectivity index (χ4v) is 5.05. The number of nitrogens with zero attached hydrogens (tertiary/aromatic N) is 4. The van der Waals surface area contributed by atoms with E-state index < -0.39 is 52.4 Å². The Morgan fingerprint density at radius 1 is 1.06 bits per heavy atom. The molecule has 11 nitrogen and oxygen atoms in total. The first kappa shape index (κ1) is 23.1. The van der Waals surface area contributed by atoms with E-state index in [2.05, 4.69) is 5.10 Å². The molecule has 0 unspecified atom stereocenters. The largest absolute Gasteiger partial charge is 0.427 e. The molecule has 3 aliphatic heterocycles. The molecule has 0 aromatic heterocycles. The summed E-state index contributed by atoms with van der Waals surface area (Å²) in [6.07, 6.45) is 4.85. The lowest BCUT2D eigenvalue weighted by Crippen LogP contribution is -2.46. The van der Waals surface area contributed by atoms with E-state index in [0.717, 1.165) is 4.90 Å². The van der Waals surface area contributed by atoms with Gasteiger partial charge in [0, 0.05) is 30.8 Å². The minimum absolute atomic E-state index is 0.125. The number of hydrazone groups is 1. The Balaban J connectivity index is 1.54. The van der Waals surface area contributed by atoms with Crippen molar-refractivity contribution in [2.75, 3.05) is 4.90 Å². The number of nitro benzene ring substituents is 1. The Labute approximate surface area is 204 Å². The summed E-state index contributed by atoms with van der Waals surface area (Å²) in [5, 5.41) is 17.1. The van der Waals surface area contributed by atoms with Gasteiger partial charge in [0.05, 0.1) is 28.5 Å². The molecule has 3 heterocycles. The summed E-state index contributed by atoms with van der Waals surface area (Å²) in [6.45, 7) is 2.91. The minimum Gasteiger partial charge on any atom is -0.427 e. The Morgan fingerprint density at radius 2 is 1.75 bits per heavy atom. The maximum atomic E-state index is 13.7. The average Bonchev–Trinajstić information content (AvgIpc) is 3.31. The van der Waals surface area contributed by atoms with E-state index >= 15 is 0 Å². The molecular weight excluding hydrogens is 468 g/mol. The zero-order valence-corrected chi connectivity index (χ0v) is 19.2. The molecule has 0 N–H and O–H groups in total. The molecule has 0 saturated carbocycles. The van der Waals surface area contributed by atoms with Crippen LogP contribution in [0.4, 0.5) is 11.4 Å². The Morgan fingerprint density at radius 3 is 2.42 bits per heavy atom. The van der Waals surface area contributed by atoms with Crippen LogP contribution in [0.3, 0.4) is 0 Å². The van der Waals surface area contributed by atoms with Crippen LogP contribution < -0.4 is 9.64 Å². The number of anilines is 1. The van der Waals surface area contributed by atoms with Gasteiger partial charge in [0.15, 0.2) is 5.78 Å². The summed E-state index contributed by atoms with van der Waals surface area (Å²) in [5.74, 6) is -3.74. The molecule has 0 spiro atoms. The summed E-state index contributed by atoms with van der Waals surface area (Å²) >= 11 is 0. The summed E-state index contributed by atoms with van der Waals surface area (Å²) in [7, 11) is 0. The van der Waals surface area contributed by atoms with Crippen LogP contribution in [-0.2, 0) is 14.4 Å². The van der Waals surface area contributed by atoms with Gasteiger partial charge in [-0.05, 0) is 42.8 Å². The second-order valence-electron chi connectivity index (χ2n) is 8.74. The van der Waals surface area contributed by atoms with Crippen molar-refractivity contribution in [3.8, 4) is 5.75 Å². The van der Waals surface area contributed by atoms with Crippen molar-refractivity contribution in [2.45, 2.75) is 25.9 Å². The van der Waals surface area contributed by atoms with Crippen LogP contribution >= 0.6 is 0 Å². The fourth-order valence-electron chi connectivity index (χ4n) is 5.05. The van der Waals surface area contributed by atoms with E-state index in [-0.39, 0.29) is 22.7 Å². The zero-order valence-electron chi connectivity index (χ0n) is 19.2. The van der Waals surface area contributed by atoms with Crippen molar-refractivity contribution in [3.63, 3.8) is 0 Å². The maximum absolute atomic E-state index is 13.7. The second kappa shape index (κ2) is 8.52. The highest BCUT2D eigenvalue weighted by atomic mass is 16.6. The standard InChI is InChI=1S/C25H20N4O7/c1-13-5-8-16(29(34)35)12-19(13)27-24(32)20-18-4-3-11-26-28(18)22(21(20)25(27)33)23(31)15-6-9-17(10-7-15)36-14(2)30/h3-12,18,20-22H,1-2H3/t18-,20+,21-,22+/m1/s1. The number of benzene rings is 2. The Bertz CT molecular complexity index is 1380. The van der Waals surface area contributed by atoms with Crippen molar-refractivity contribution in [3.05, 3.63) is 75.9 Å². The number of hydrogen-bond donors (Lipinski definition) is 0. The number of rotatable bonds is 5. The van der Waals surface area contributed by atoms with Crippen LogP contribution in [0, 0.1) is 28.9 Å². The van der Waals surface area contributed by atoms with Gasteiger partial charge in [-0.3, -0.25) is 34.3 Å². The Hall–Kier alpha value is -4.67. The number of ether oxygens (including phenoxy) is 1. The van der Waals surface area contributed by atoms with Gasteiger partial charge in [0.1, 0.15) is 11.8 Å². The fraction of sp³-hybridized carbons (Fsp3) is 0.240. The van der Waals surface area contributed by atoms with Gasteiger partial charge in [-0.1, -0.05) is 12.1 Å². The van der Waals surface area contributed by atoms with Crippen LogP contribution in [0.5, 0.6) is 5.75 Å². The molecular formula is C25H20N4O7. The topological polar surface area (TPSA) is 139 Å². The van der Waals surface area contributed by atoms with Crippen LogP contribution in [0.25, 0.3) is 0 Å². The highest BCUT2D eigenvalue weighted by Crippen LogP contribution is 2.47. The highest BCUT2D eigenvalue weighted by molar-refractivity contribution is 6.25. The van der Waals surface area contributed by atoms with Crippen molar-refractivity contribution in [1.82, 2.24) is 5.01 Å².